The van der Waals surface area contributed by atoms with Crippen molar-refractivity contribution in [2.75, 3.05) is 0 Å². The van der Waals surface area contributed by atoms with E-state index in [9.17, 15) is 61.5 Å². The van der Waals surface area contributed by atoms with Crippen LogP contribution in [0.5, 0.6) is 0 Å². The van der Waals surface area contributed by atoms with E-state index in [0.29, 0.717) is 0 Å². The van der Waals surface area contributed by atoms with E-state index >= 15 is 0 Å². The fraction of sp³-hybridized carbons (Fsp3) is 1.00. The standard InChI is InChI=1S/C6F14.Na/c7-1(8,3(11,12)5(15,16)17)2(9,10)4(13,14)6(18,19)20;. The third-order valence-electron chi connectivity index (χ3n) is 1.90. The molecule has 123 valence electrons. The van der Waals surface area contributed by atoms with Crippen LogP contribution in [-0.2, 0) is 0 Å². The van der Waals surface area contributed by atoms with E-state index in [-0.39, 0.29) is 29.6 Å². The normalized spacial score (nSPS) is 15.7. The number of hydrogen-bond donors (Lipinski definition) is 0. The van der Waals surface area contributed by atoms with Gasteiger partial charge in [-0.3, -0.25) is 0 Å². The second-order valence-corrected chi connectivity index (χ2v) is 3.29. The quantitative estimate of drug-likeness (QED) is 0.520. The molecular weight excluding hydrogens is 361 g/mol. The SMILES string of the molecule is FC(F)(F)C(F)(F)C(F)(F)C(F)(F)C(F)(F)C(F)(F)F.[Na]. The van der Waals surface area contributed by atoms with Crippen LogP contribution < -0.4 is 0 Å². The van der Waals surface area contributed by atoms with Gasteiger partial charge >= 0.3 is 36.0 Å². The second-order valence-electron chi connectivity index (χ2n) is 3.29. The Hall–Kier alpha value is 0.0200. The zero-order valence-corrected chi connectivity index (χ0v) is 11.3. The van der Waals surface area contributed by atoms with Crippen molar-refractivity contribution in [3.63, 3.8) is 0 Å². The number of hydrogen-bond acceptors (Lipinski definition) is 0. The smallest absolute Gasteiger partial charge is 0.192 e. The average molecular weight is 361 g/mol. The summed E-state index contributed by atoms with van der Waals surface area (Å²) in [5.74, 6) is -31.7. The van der Waals surface area contributed by atoms with Gasteiger partial charge in [0.15, 0.2) is 0 Å². The molecule has 0 aliphatic rings. The molecule has 0 nitrogen and oxygen atoms in total. The first-order valence-corrected chi connectivity index (χ1v) is 3.90. The summed E-state index contributed by atoms with van der Waals surface area (Å²) >= 11 is 0. The summed E-state index contributed by atoms with van der Waals surface area (Å²) in [6.45, 7) is 0. The largest absolute Gasteiger partial charge is 0.460 e. The molecular formula is C6F14Na. The molecule has 0 heterocycles. The van der Waals surface area contributed by atoms with Crippen LogP contribution in [0.4, 0.5) is 61.5 Å². The second kappa shape index (κ2) is 5.58. The van der Waals surface area contributed by atoms with Crippen LogP contribution >= 0.6 is 0 Å². The van der Waals surface area contributed by atoms with Crippen molar-refractivity contribution in [2.24, 2.45) is 0 Å². The van der Waals surface area contributed by atoms with Crippen LogP contribution in [0.25, 0.3) is 0 Å². The molecule has 0 fully saturated rings. The number of halogens is 14. The molecule has 0 spiro atoms. The van der Waals surface area contributed by atoms with Gasteiger partial charge in [0.1, 0.15) is 0 Å². The van der Waals surface area contributed by atoms with Crippen LogP contribution in [0.2, 0.25) is 0 Å². The maximum absolute atomic E-state index is 12.3. The summed E-state index contributed by atoms with van der Waals surface area (Å²) < 4.78 is 166. The van der Waals surface area contributed by atoms with Gasteiger partial charge in [-0.15, -0.1) is 0 Å². The molecule has 0 aromatic carbocycles. The van der Waals surface area contributed by atoms with Gasteiger partial charge in [-0.25, -0.2) is 0 Å². The molecule has 0 rings (SSSR count). The van der Waals surface area contributed by atoms with Crippen molar-refractivity contribution in [3.05, 3.63) is 0 Å². The summed E-state index contributed by atoms with van der Waals surface area (Å²) in [6.07, 6.45) is -15.0. The van der Waals surface area contributed by atoms with Gasteiger partial charge in [0, 0.05) is 29.6 Å². The molecule has 0 amide bonds. The van der Waals surface area contributed by atoms with Gasteiger partial charge in [0.05, 0.1) is 0 Å². The van der Waals surface area contributed by atoms with E-state index in [0.717, 1.165) is 0 Å². The van der Waals surface area contributed by atoms with Gasteiger partial charge in [-0.05, 0) is 0 Å². The van der Waals surface area contributed by atoms with E-state index < -0.39 is 36.0 Å². The molecule has 0 N–H and O–H groups in total. The van der Waals surface area contributed by atoms with Crippen molar-refractivity contribution in [2.45, 2.75) is 36.0 Å². The Morgan fingerprint density at radius 1 is 0.286 bits per heavy atom. The molecule has 0 saturated heterocycles. The van der Waals surface area contributed by atoms with Crippen molar-refractivity contribution >= 4 is 29.6 Å². The minimum absolute atomic E-state index is 0. The summed E-state index contributed by atoms with van der Waals surface area (Å²) in [6, 6.07) is 0. The predicted octanol–water partition coefficient (Wildman–Crippen LogP) is 4.27. The third kappa shape index (κ3) is 3.21. The molecule has 0 aromatic rings. The maximum Gasteiger partial charge on any atom is 0.460 e. The van der Waals surface area contributed by atoms with Gasteiger partial charge in [-0.2, -0.15) is 61.5 Å². The zero-order chi connectivity index (χ0) is 17.0. The van der Waals surface area contributed by atoms with Gasteiger partial charge < -0.3 is 0 Å². The Morgan fingerprint density at radius 3 is 0.524 bits per heavy atom. The van der Waals surface area contributed by atoms with E-state index in [1.165, 1.54) is 0 Å². The van der Waals surface area contributed by atoms with Crippen molar-refractivity contribution in [1.82, 2.24) is 0 Å². The predicted molar refractivity (Wildman–Crippen MR) is 37.7 cm³/mol. The summed E-state index contributed by atoms with van der Waals surface area (Å²) in [7, 11) is 0. The molecule has 0 atom stereocenters. The maximum atomic E-state index is 12.3. The molecule has 0 unspecified atom stereocenters. The minimum Gasteiger partial charge on any atom is -0.192 e. The number of rotatable bonds is 3. The third-order valence-corrected chi connectivity index (χ3v) is 1.90. The van der Waals surface area contributed by atoms with Crippen molar-refractivity contribution < 1.29 is 61.5 Å². The van der Waals surface area contributed by atoms with Gasteiger partial charge in [-0.1, -0.05) is 0 Å². The van der Waals surface area contributed by atoms with Gasteiger partial charge in [0.2, 0.25) is 0 Å². The Kier molecular flexibility index (Phi) is 6.19. The van der Waals surface area contributed by atoms with E-state index in [4.69, 9.17) is 0 Å². The molecule has 1 radical (unpaired) electrons. The molecule has 0 bridgehead atoms. The molecule has 21 heavy (non-hydrogen) atoms. The van der Waals surface area contributed by atoms with E-state index in [1.807, 2.05) is 0 Å². The van der Waals surface area contributed by atoms with Crippen molar-refractivity contribution in [1.29, 1.82) is 0 Å². The van der Waals surface area contributed by atoms with Crippen LogP contribution in [0.3, 0.4) is 0 Å². The first-order valence-electron chi connectivity index (χ1n) is 3.90. The molecule has 15 heteroatoms. The Labute approximate surface area is 127 Å². The molecule has 0 aromatic heterocycles. The first-order chi connectivity index (χ1) is 8.25. The summed E-state index contributed by atoms with van der Waals surface area (Å²) in [5.41, 5.74) is 0. The van der Waals surface area contributed by atoms with Crippen LogP contribution in [0.15, 0.2) is 0 Å². The zero-order valence-electron chi connectivity index (χ0n) is 9.29. The number of alkyl halides is 14. The Morgan fingerprint density at radius 2 is 0.429 bits per heavy atom. The monoisotopic (exact) mass is 361 g/mol. The van der Waals surface area contributed by atoms with Crippen LogP contribution in [0.1, 0.15) is 0 Å². The fourth-order valence-corrected chi connectivity index (χ4v) is 0.750. The van der Waals surface area contributed by atoms with Crippen LogP contribution in [-0.4, -0.2) is 65.6 Å². The van der Waals surface area contributed by atoms with Crippen LogP contribution in [0, 0.1) is 0 Å². The summed E-state index contributed by atoms with van der Waals surface area (Å²) in [5, 5.41) is 0. The molecule has 0 saturated carbocycles. The summed E-state index contributed by atoms with van der Waals surface area (Å²) in [4.78, 5) is 0. The molecule has 0 aliphatic heterocycles. The topological polar surface area (TPSA) is 0 Å². The minimum atomic E-state index is -8.04. The van der Waals surface area contributed by atoms with E-state index in [1.54, 1.807) is 0 Å². The van der Waals surface area contributed by atoms with Crippen molar-refractivity contribution in [3.8, 4) is 0 Å². The Bertz CT molecular complexity index is 325. The van der Waals surface area contributed by atoms with Gasteiger partial charge in [0.25, 0.3) is 0 Å². The Balaban J connectivity index is 0. The average Bonchev–Trinajstić information content (AvgIpc) is 2.12. The fourth-order valence-electron chi connectivity index (χ4n) is 0.750. The van der Waals surface area contributed by atoms with E-state index in [2.05, 4.69) is 0 Å². The first kappa shape index (κ1) is 23.3. The molecule has 0 aliphatic carbocycles.